The Labute approximate surface area is 110 Å². The standard InChI is InChI=1S/C15H25N3/c1-12(2)9-13-5-3-6-14(10-13)16-11-15-7-4-8-17-18-15/h4,7-8,12-14,16H,3,5-6,9-11H2,1-2H3. The Balaban J connectivity index is 1.76. The summed E-state index contributed by atoms with van der Waals surface area (Å²) in [7, 11) is 0. The maximum atomic E-state index is 4.12. The summed E-state index contributed by atoms with van der Waals surface area (Å²) in [5.74, 6) is 1.74. The van der Waals surface area contributed by atoms with E-state index in [4.69, 9.17) is 0 Å². The van der Waals surface area contributed by atoms with Gasteiger partial charge in [0.25, 0.3) is 0 Å². The predicted molar refractivity (Wildman–Crippen MR) is 74.1 cm³/mol. The largest absolute Gasteiger partial charge is 0.308 e. The highest BCUT2D eigenvalue weighted by Crippen LogP contribution is 2.29. The first-order valence-electron chi connectivity index (χ1n) is 7.24. The molecule has 2 unspecified atom stereocenters. The van der Waals surface area contributed by atoms with Crippen molar-refractivity contribution in [2.45, 2.75) is 58.5 Å². The van der Waals surface area contributed by atoms with Crippen molar-refractivity contribution in [3.05, 3.63) is 24.0 Å². The van der Waals surface area contributed by atoms with Crippen LogP contribution in [0.4, 0.5) is 0 Å². The number of rotatable bonds is 5. The average molecular weight is 247 g/mol. The number of hydrogen-bond donors (Lipinski definition) is 1. The van der Waals surface area contributed by atoms with Gasteiger partial charge in [0.2, 0.25) is 0 Å². The van der Waals surface area contributed by atoms with Crippen LogP contribution >= 0.6 is 0 Å². The SMILES string of the molecule is CC(C)CC1CCCC(NCc2cccnn2)C1. The third kappa shape index (κ3) is 4.37. The van der Waals surface area contributed by atoms with Gasteiger partial charge in [-0.15, -0.1) is 0 Å². The van der Waals surface area contributed by atoms with Crippen molar-refractivity contribution in [1.82, 2.24) is 15.5 Å². The van der Waals surface area contributed by atoms with Crippen LogP contribution in [0.2, 0.25) is 0 Å². The van der Waals surface area contributed by atoms with E-state index in [-0.39, 0.29) is 0 Å². The lowest BCUT2D eigenvalue weighted by Crippen LogP contribution is -2.34. The molecule has 0 amide bonds. The van der Waals surface area contributed by atoms with Gasteiger partial charge >= 0.3 is 0 Å². The third-order valence-electron chi connectivity index (χ3n) is 3.79. The Kier molecular flexibility index (Phi) is 5.12. The molecule has 0 saturated heterocycles. The monoisotopic (exact) mass is 247 g/mol. The molecule has 2 atom stereocenters. The fourth-order valence-electron chi connectivity index (χ4n) is 3.03. The second-order valence-electron chi connectivity index (χ2n) is 5.96. The van der Waals surface area contributed by atoms with E-state index in [0.29, 0.717) is 6.04 Å². The molecule has 0 aromatic carbocycles. The van der Waals surface area contributed by atoms with E-state index >= 15 is 0 Å². The Bertz CT molecular complexity index is 337. The summed E-state index contributed by atoms with van der Waals surface area (Å²) < 4.78 is 0. The van der Waals surface area contributed by atoms with Gasteiger partial charge in [0, 0.05) is 18.8 Å². The average Bonchev–Trinajstić information content (AvgIpc) is 2.37. The Morgan fingerprint density at radius 2 is 2.28 bits per heavy atom. The number of hydrogen-bond acceptors (Lipinski definition) is 3. The van der Waals surface area contributed by atoms with E-state index < -0.39 is 0 Å². The molecule has 1 heterocycles. The van der Waals surface area contributed by atoms with Crippen molar-refractivity contribution in [2.75, 3.05) is 0 Å². The lowest BCUT2D eigenvalue weighted by Gasteiger charge is -2.30. The van der Waals surface area contributed by atoms with Gasteiger partial charge < -0.3 is 5.32 Å². The molecule has 1 aromatic rings. The highest BCUT2D eigenvalue weighted by Gasteiger charge is 2.22. The number of nitrogens with one attached hydrogen (secondary N) is 1. The summed E-state index contributed by atoms with van der Waals surface area (Å²) in [6.07, 6.45) is 8.54. The molecule has 1 N–H and O–H groups in total. The molecule has 0 spiro atoms. The second kappa shape index (κ2) is 6.83. The molecule has 0 radical (unpaired) electrons. The summed E-state index contributed by atoms with van der Waals surface area (Å²) in [6.45, 7) is 5.51. The number of aromatic nitrogens is 2. The van der Waals surface area contributed by atoms with Crippen LogP contribution in [0.1, 0.15) is 51.6 Å². The quantitative estimate of drug-likeness (QED) is 0.868. The van der Waals surface area contributed by atoms with Gasteiger partial charge in [-0.3, -0.25) is 0 Å². The van der Waals surface area contributed by atoms with Gasteiger partial charge in [0.15, 0.2) is 0 Å². The normalized spacial score (nSPS) is 24.4. The van der Waals surface area contributed by atoms with Crippen molar-refractivity contribution < 1.29 is 0 Å². The van der Waals surface area contributed by atoms with E-state index in [2.05, 4.69) is 29.4 Å². The molecular formula is C15H25N3. The lowest BCUT2D eigenvalue weighted by molar-refractivity contribution is 0.251. The molecule has 1 aromatic heterocycles. The van der Waals surface area contributed by atoms with Gasteiger partial charge in [-0.1, -0.05) is 26.7 Å². The minimum absolute atomic E-state index is 0.671. The molecule has 2 rings (SSSR count). The molecule has 1 saturated carbocycles. The Morgan fingerprint density at radius 1 is 1.39 bits per heavy atom. The minimum atomic E-state index is 0.671. The molecule has 1 aliphatic rings. The zero-order valence-corrected chi connectivity index (χ0v) is 11.6. The molecule has 100 valence electrons. The summed E-state index contributed by atoms with van der Waals surface area (Å²) in [6, 6.07) is 4.66. The predicted octanol–water partition coefficient (Wildman–Crippen LogP) is 3.17. The zero-order chi connectivity index (χ0) is 12.8. The summed E-state index contributed by atoms with van der Waals surface area (Å²) in [5, 5.41) is 11.7. The molecule has 1 aliphatic carbocycles. The second-order valence-corrected chi connectivity index (χ2v) is 5.96. The molecule has 0 aliphatic heterocycles. The summed E-state index contributed by atoms with van der Waals surface area (Å²) in [5.41, 5.74) is 1.04. The van der Waals surface area contributed by atoms with E-state index in [0.717, 1.165) is 24.1 Å². The van der Waals surface area contributed by atoms with Crippen molar-refractivity contribution in [1.29, 1.82) is 0 Å². The summed E-state index contributed by atoms with van der Waals surface area (Å²) >= 11 is 0. The number of nitrogens with zero attached hydrogens (tertiary/aromatic N) is 2. The molecule has 3 heteroatoms. The van der Waals surface area contributed by atoms with Gasteiger partial charge in [-0.25, -0.2) is 0 Å². The minimum Gasteiger partial charge on any atom is -0.308 e. The summed E-state index contributed by atoms with van der Waals surface area (Å²) in [4.78, 5) is 0. The molecule has 0 bridgehead atoms. The van der Waals surface area contributed by atoms with Crippen LogP contribution in [0.15, 0.2) is 18.3 Å². The van der Waals surface area contributed by atoms with Crippen LogP contribution in [0.25, 0.3) is 0 Å². The highest BCUT2D eigenvalue weighted by atomic mass is 15.1. The van der Waals surface area contributed by atoms with Crippen molar-refractivity contribution in [3.8, 4) is 0 Å². The van der Waals surface area contributed by atoms with Crippen LogP contribution < -0.4 is 5.32 Å². The highest BCUT2D eigenvalue weighted by molar-refractivity contribution is 4.98. The van der Waals surface area contributed by atoms with Crippen molar-refractivity contribution in [3.63, 3.8) is 0 Å². The fourth-order valence-corrected chi connectivity index (χ4v) is 3.03. The lowest BCUT2D eigenvalue weighted by atomic mass is 9.81. The van der Waals surface area contributed by atoms with Crippen LogP contribution in [0.3, 0.4) is 0 Å². The van der Waals surface area contributed by atoms with Crippen LogP contribution in [0.5, 0.6) is 0 Å². The van der Waals surface area contributed by atoms with Crippen LogP contribution in [-0.4, -0.2) is 16.2 Å². The topological polar surface area (TPSA) is 37.8 Å². The van der Waals surface area contributed by atoms with Crippen LogP contribution in [0, 0.1) is 11.8 Å². The first-order chi connectivity index (χ1) is 8.74. The first-order valence-corrected chi connectivity index (χ1v) is 7.24. The third-order valence-corrected chi connectivity index (χ3v) is 3.79. The maximum absolute atomic E-state index is 4.12. The van der Waals surface area contributed by atoms with Crippen molar-refractivity contribution >= 4 is 0 Å². The first kappa shape index (κ1) is 13.5. The van der Waals surface area contributed by atoms with E-state index in [1.807, 2.05) is 12.1 Å². The zero-order valence-electron chi connectivity index (χ0n) is 11.6. The van der Waals surface area contributed by atoms with Crippen LogP contribution in [-0.2, 0) is 6.54 Å². The van der Waals surface area contributed by atoms with E-state index in [1.165, 1.54) is 32.1 Å². The van der Waals surface area contributed by atoms with E-state index in [9.17, 15) is 0 Å². The molecule has 1 fully saturated rings. The smallest absolute Gasteiger partial charge is 0.0769 e. The van der Waals surface area contributed by atoms with Gasteiger partial charge in [-0.2, -0.15) is 10.2 Å². The Morgan fingerprint density at radius 3 is 3.00 bits per heavy atom. The van der Waals surface area contributed by atoms with E-state index in [1.54, 1.807) is 6.20 Å². The van der Waals surface area contributed by atoms with Gasteiger partial charge in [-0.05, 0) is 43.2 Å². The van der Waals surface area contributed by atoms with Gasteiger partial charge in [0.1, 0.15) is 0 Å². The van der Waals surface area contributed by atoms with Crippen molar-refractivity contribution in [2.24, 2.45) is 11.8 Å². The maximum Gasteiger partial charge on any atom is 0.0769 e. The Hall–Kier alpha value is -0.960. The van der Waals surface area contributed by atoms with Gasteiger partial charge in [0.05, 0.1) is 5.69 Å². The fraction of sp³-hybridized carbons (Fsp3) is 0.733. The molecular weight excluding hydrogens is 222 g/mol. The molecule has 18 heavy (non-hydrogen) atoms. The molecule has 3 nitrogen and oxygen atoms in total.